The van der Waals surface area contributed by atoms with Crippen molar-refractivity contribution in [3.63, 3.8) is 0 Å². The minimum atomic E-state index is 0.154. The number of nitrogens with zero attached hydrogens (tertiary/aromatic N) is 6. The number of nitrogens with one attached hydrogen (secondary N) is 1. The Morgan fingerprint density at radius 3 is 2.62 bits per heavy atom. The molecule has 3 aromatic rings. The number of aromatic hydroxyl groups is 1. The average molecular weight is 391 g/mol. The molecule has 1 aliphatic heterocycles. The summed E-state index contributed by atoms with van der Waals surface area (Å²) < 4.78 is 1.74. The van der Waals surface area contributed by atoms with E-state index in [1.165, 1.54) is 19.3 Å². The molecule has 0 bridgehead atoms. The molecule has 1 atom stereocenters. The van der Waals surface area contributed by atoms with Gasteiger partial charge in [0.05, 0.1) is 12.4 Å². The van der Waals surface area contributed by atoms with Crippen LogP contribution < -0.4 is 10.2 Å². The van der Waals surface area contributed by atoms with Gasteiger partial charge in [-0.05, 0) is 37.0 Å². The maximum Gasteiger partial charge on any atom is 0.245 e. The van der Waals surface area contributed by atoms with Gasteiger partial charge in [-0.1, -0.05) is 12.5 Å². The van der Waals surface area contributed by atoms with Gasteiger partial charge in [0.25, 0.3) is 0 Å². The van der Waals surface area contributed by atoms with E-state index in [1.54, 1.807) is 23.1 Å². The lowest BCUT2D eigenvalue weighted by molar-refractivity contribution is 0.311. The lowest BCUT2D eigenvalue weighted by atomic mass is 9.92. The molecule has 29 heavy (non-hydrogen) atoms. The zero-order valence-corrected chi connectivity index (χ0v) is 16.5. The number of aromatic nitrogens is 5. The van der Waals surface area contributed by atoms with E-state index < -0.39 is 0 Å². The minimum Gasteiger partial charge on any atom is -0.507 e. The minimum absolute atomic E-state index is 0.154. The average Bonchev–Trinajstić information content (AvgIpc) is 3.34. The van der Waals surface area contributed by atoms with Crippen LogP contribution in [0.15, 0.2) is 36.8 Å². The first-order valence-corrected chi connectivity index (χ1v) is 10.2. The molecule has 2 aromatic heterocycles. The Hall–Kier alpha value is -3.00. The van der Waals surface area contributed by atoms with Crippen molar-refractivity contribution in [2.45, 2.75) is 37.8 Å². The van der Waals surface area contributed by atoms with E-state index >= 15 is 0 Å². The molecule has 0 radical (unpaired) electrons. The number of benzene rings is 1. The Morgan fingerprint density at radius 2 is 1.97 bits per heavy atom. The Kier molecular flexibility index (Phi) is 4.63. The summed E-state index contributed by atoms with van der Waals surface area (Å²) in [5, 5.41) is 27.0. The molecule has 1 aromatic carbocycles. The van der Waals surface area contributed by atoms with Crippen LogP contribution >= 0.6 is 0 Å². The zero-order chi connectivity index (χ0) is 19.8. The monoisotopic (exact) mass is 391 g/mol. The Balaban J connectivity index is 1.29. The molecule has 1 saturated carbocycles. The van der Waals surface area contributed by atoms with E-state index in [0.717, 1.165) is 30.6 Å². The Labute approximate surface area is 169 Å². The lowest BCUT2D eigenvalue weighted by Crippen LogP contribution is -2.43. The highest BCUT2D eigenvalue weighted by atomic mass is 16.3. The molecule has 2 N–H and O–H groups in total. The lowest BCUT2D eigenvalue weighted by Gasteiger charge is -2.29. The van der Waals surface area contributed by atoms with Gasteiger partial charge in [0.1, 0.15) is 11.4 Å². The molecule has 0 unspecified atom stereocenters. The summed E-state index contributed by atoms with van der Waals surface area (Å²) in [5.74, 6) is 0.805. The highest BCUT2D eigenvalue weighted by Crippen LogP contribution is 2.32. The molecule has 0 spiro atoms. The predicted octanol–water partition coefficient (Wildman–Crippen LogP) is 2.37. The zero-order valence-electron chi connectivity index (χ0n) is 16.5. The largest absolute Gasteiger partial charge is 0.507 e. The molecule has 0 amide bonds. The molecule has 5 rings (SSSR count). The molecule has 1 aliphatic carbocycles. The standard InChI is InChI=1S/C21H25N7O/c1-27-12-15(10-23-27)14-5-6-18(20(29)9-14)19-11-22-21(26-25-19)28-8-7-17(13-28)24-16-3-2-4-16/h5-6,9-12,16-17,24,29H,2-4,7-8,13H2,1H3/t17-/m1/s1. The van der Waals surface area contributed by atoms with Crippen molar-refractivity contribution < 1.29 is 5.11 Å². The van der Waals surface area contributed by atoms with Gasteiger partial charge in [-0.2, -0.15) is 5.10 Å². The van der Waals surface area contributed by atoms with Gasteiger partial charge in [0, 0.05) is 49.5 Å². The highest BCUT2D eigenvalue weighted by molar-refractivity contribution is 5.73. The molecular weight excluding hydrogens is 366 g/mol. The fourth-order valence-electron chi connectivity index (χ4n) is 4.02. The second-order valence-corrected chi connectivity index (χ2v) is 8.00. The van der Waals surface area contributed by atoms with Gasteiger partial charge < -0.3 is 15.3 Å². The third kappa shape index (κ3) is 3.67. The molecule has 3 heterocycles. The van der Waals surface area contributed by atoms with Crippen LogP contribution in [0.5, 0.6) is 5.75 Å². The predicted molar refractivity (Wildman–Crippen MR) is 111 cm³/mol. The summed E-state index contributed by atoms with van der Waals surface area (Å²) in [6, 6.07) is 6.71. The maximum absolute atomic E-state index is 10.5. The summed E-state index contributed by atoms with van der Waals surface area (Å²) in [5.41, 5.74) is 3.04. The topological polar surface area (TPSA) is 92.0 Å². The molecule has 8 nitrogen and oxygen atoms in total. The number of aryl methyl sites for hydroxylation is 1. The van der Waals surface area contributed by atoms with Gasteiger partial charge in [0.15, 0.2) is 0 Å². The maximum atomic E-state index is 10.5. The van der Waals surface area contributed by atoms with E-state index in [1.807, 2.05) is 25.4 Å². The van der Waals surface area contributed by atoms with Crippen LogP contribution in [0.3, 0.4) is 0 Å². The Bertz CT molecular complexity index is 997. The Morgan fingerprint density at radius 1 is 1.07 bits per heavy atom. The molecule has 2 fully saturated rings. The highest BCUT2D eigenvalue weighted by Gasteiger charge is 2.28. The van der Waals surface area contributed by atoms with Crippen LogP contribution in [-0.2, 0) is 7.05 Å². The molecule has 8 heteroatoms. The van der Waals surface area contributed by atoms with Gasteiger partial charge in [-0.3, -0.25) is 4.68 Å². The number of phenolic OH excluding ortho intramolecular Hbond substituents is 1. The summed E-state index contributed by atoms with van der Waals surface area (Å²) in [7, 11) is 1.87. The third-order valence-electron chi connectivity index (χ3n) is 5.91. The first kappa shape index (κ1) is 18.1. The number of hydrogen-bond acceptors (Lipinski definition) is 7. The fraction of sp³-hybridized carbons (Fsp3) is 0.429. The normalized spacial score (nSPS) is 19.5. The third-order valence-corrected chi connectivity index (χ3v) is 5.91. The van der Waals surface area contributed by atoms with Gasteiger partial charge in [0.2, 0.25) is 5.95 Å². The van der Waals surface area contributed by atoms with Crippen LogP contribution in [0.2, 0.25) is 0 Å². The van der Waals surface area contributed by atoms with Crippen molar-refractivity contribution in [1.82, 2.24) is 30.3 Å². The summed E-state index contributed by atoms with van der Waals surface area (Å²) in [6.45, 7) is 1.86. The number of hydrogen-bond donors (Lipinski definition) is 2. The summed E-state index contributed by atoms with van der Waals surface area (Å²) in [6.07, 6.45) is 10.4. The van der Waals surface area contributed by atoms with Crippen LogP contribution in [0.4, 0.5) is 5.95 Å². The van der Waals surface area contributed by atoms with Crippen molar-refractivity contribution in [3.8, 4) is 28.1 Å². The number of rotatable bonds is 5. The van der Waals surface area contributed by atoms with E-state index in [2.05, 4.69) is 30.5 Å². The van der Waals surface area contributed by atoms with Gasteiger partial charge in [-0.25, -0.2) is 4.98 Å². The molecule has 150 valence electrons. The van der Waals surface area contributed by atoms with Crippen LogP contribution in [0.25, 0.3) is 22.4 Å². The summed E-state index contributed by atoms with van der Waals surface area (Å²) in [4.78, 5) is 6.69. The molecule has 2 aliphatic rings. The van der Waals surface area contributed by atoms with Crippen LogP contribution in [0, 0.1) is 0 Å². The SMILES string of the molecule is Cn1cc(-c2ccc(-c3cnc(N4CC[C@@H](NC5CCC5)C4)nn3)c(O)c2)cn1. The molecule has 1 saturated heterocycles. The number of anilines is 1. The first-order valence-electron chi connectivity index (χ1n) is 10.2. The van der Waals surface area contributed by atoms with Gasteiger partial charge in [-0.15, -0.1) is 10.2 Å². The van der Waals surface area contributed by atoms with E-state index in [0.29, 0.717) is 29.3 Å². The summed E-state index contributed by atoms with van der Waals surface area (Å²) >= 11 is 0. The van der Waals surface area contributed by atoms with Crippen molar-refractivity contribution >= 4 is 5.95 Å². The molecular formula is C21H25N7O. The van der Waals surface area contributed by atoms with Crippen molar-refractivity contribution in [3.05, 3.63) is 36.8 Å². The van der Waals surface area contributed by atoms with Gasteiger partial charge >= 0.3 is 0 Å². The van der Waals surface area contributed by atoms with E-state index in [9.17, 15) is 5.11 Å². The number of phenols is 1. The van der Waals surface area contributed by atoms with Crippen molar-refractivity contribution in [2.75, 3.05) is 18.0 Å². The first-order chi connectivity index (χ1) is 14.2. The van der Waals surface area contributed by atoms with E-state index in [4.69, 9.17) is 0 Å². The van der Waals surface area contributed by atoms with Crippen LogP contribution in [-0.4, -0.2) is 55.2 Å². The second kappa shape index (κ2) is 7.44. The van der Waals surface area contributed by atoms with Crippen molar-refractivity contribution in [2.24, 2.45) is 7.05 Å². The smallest absolute Gasteiger partial charge is 0.245 e. The van der Waals surface area contributed by atoms with E-state index in [-0.39, 0.29) is 5.75 Å². The second-order valence-electron chi connectivity index (χ2n) is 8.00. The fourth-order valence-corrected chi connectivity index (χ4v) is 4.02. The quantitative estimate of drug-likeness (QED) is 0.690. The van der Waals surface area contributed by atoms with Crippen LogP contribution in [0.1, 0.15) is 25.7 Å². The van der Waals surface area contributed by atoms with Crippen molar-refractivity contribution in [1.29, 1.82) is 0 Å².